The van der Waals surface area contributed by atoms with E-state index in [1.807, 2.05) is 0 Å². The van der Waals surface area contributed by atoms with Gasteiger partial charge >= 0.3 is 5.97 Å². The van der Waals surface area contributed by atoms with E-state index in [4.69, 9.17) is 4.74 Å². The number of thiazole rings is 1. The van der Waals surface area contributed by atoms with Crippen LogP contribution in [0.15, 0.2) is 42.2 Å². The molecule has 3 aromatic rings. The maximum Gasteiger partial charge on any atom is 0.358 e. The molecule has 23 heavy (non-hydrogen) atoms. The molecule has 8 heteroatoms. The number of nitrogens with zero attached hydrogens (tertiary/aromatic N) is 3. The van der Waals surface area contributed by atoms with E-state index in [1.165, 1.54) is 30.0 Å². The van der Waals surface area contributed by atoms with Crippen molar-refractivity contribution in [3.05, 3.63) is 64.5 Å². The van der Waals surface area contributed by atoms with Gasteiger partial charge in [0.15, 0.2) is 5.69 Å². The minimum absolute atomic E-state index is 0.0735. The molecule has 0 radical (unpaired) electrons. The van der Waals surface area contributed by atoms with Gasteiger partial charge < -0.3 is 4.74 Å². The van der Waals surface area contributed by atoms with Crippen molar-refractivity contribution in [3.8, 4) is 11.3 Å². The third-order valence-electron chi connectivity index (χ3n) is 2.87. The van der Waals surface area contributed by atoms with Crippen molar-refractivity contribution in [2.45, 2.75) is 6.61 Å². The molecule has 0 fully saturated rings. The second-order valence-corrected chi connectivity index (χ2v) is 5.33. The summed E-state index contributed by atoms with van der Waals surface area (Å²) in [6.07, 6.45) is 4.09. The van der Waals surface area contributed by atoms with Gasteiger partial charge in [0, 0.05) is 17.8 Å². The normalized spacial score (nSPS) is 10.5. The molecular weight excluding hydrogens is 324 g/mol. The number of esters is 1. The molecule has 2 heterocycles. The Morgan fingerprint density at radius 3 is 2.70 bits per heavy atom. The fourth-order valence-electron chi connectivity index (χ4n) is 1.84. The molecule has 0 unspecified atom stereocenters. The molecule has 0 amide bonds. The molecule has 0 aliphatic rings. The highest BCUT2D eigenvalue weighted by Gasteiger charge is 2.15. The zero-order valence-corrected chi connectivity index (χ0v) is 12.4. The summed E-state index contributed by atoms with van der Waals surface area (Å²) in [6, 6.07) is 3.60. The van der Waals surface area contributed by atoms with Crippen molar-refractivity contribution in [3.63, 3.8) is 0 Å². The maximum atomic E-state index is 13.7. The number of carbonyl (C=O) groups excluding carboxylic acids is 1. The number of halogens is 2. The summed E-state index contributed by atoms with van der Waals surface area (Å²) in [5, 5.41) is 1.92. The smallest absolute Gasteiger partial charge is 0.358 e. The summed E-state index contributed by atoms with van der Waals surface area (Å²) in [4.78, 5) is 23.4. The summed E-state index contributed by atoms with van der Waals surface area (Å²) in [7, 11) is 0. The average molecular weight is 333 g/mol. The van der Waals surface area contributed by atoms with Crippen LogP contribution in [0.1, 0.15) is 15.5 Å². The first-order chi connectivity index (χ1) is 11.1. The lowest BCUT2D eigenvalue weighted by Gasteiger charge is -2.02. The van der Waals surface area contributed by atoms with Crippen LogP contribution in [0.2, 0.25) is 0 Å². The van der Waals surface area contributed by atoms with Crippen LogP contribution >= 0.6 is 11.3 Å². The largest absolute Gasteiger partial charge is 0.454 e. The molecule has 116 valence electrons. The standard InChI is InChI=1S/C15H9F2N3O2S/c16-9-2-1-3-10(17)14(9)12-8-23-13(20-12)7-22-15(21)11-6-18-4-5-19-11/h1-6,8H,7H2. The molecule has 3 rings (SSSR count). The van der Waals surface area contributed by atoms with Crippen LogP contribution in [0.25, 0.3) is 11.3 Å². The molecule has 5 nitrogen and oxygen atoms in total. The quantitative estimate of drug-likeness (QED) is 0.686. The van der Waals surface area contributed by atoms with Gasteiger partial charge in [0.05, 0.1) is 17.5 Å². The summed E-state index contributed by atoms with van der Waals surface area (Å²) in [5.41, 5.74) is 0.0378. The maximum absolute atomic E-state index is 13.7. The molecule has 0 aliphatic carbocycles. The van der Waals surface area contributed by atoms with E-state index in [2.05, 4.69) is 15.0 Å². The first-order valence-corrected chi connectivity index (χ1v) is 7.35. The highest BCUT2D eigenvalue weighted by Crippen LogP contribution is 2.27. The zero-order valence-electron chi connectivity index (χ0n) is 11.6. The van der Waals surface area contributed by atoms with E-state index in [0.717, 1.165) is 23.5 Å². The SMILES string of the molecule is O=C(OCc1nc(-c2c(F)cccc2F)cs1)c1cnccn1. The second kappa shape index (κ2) is 6.57. The molecule has 0 saturated carbocycles. The van der Waals surface area contributed by atoms with Gasteiger partial charge in [-0.25, -0.2) is 23.5 Å². The summed E-state index contributed by atoms with van der Waals surface area (Å²) in [6.45, 7) is -0.115. The van der Waals surface area contributed by atoms with Crippen molar-refractivity contribution in [2.75, 3.05) is 0 Å². The lowest BCUT2D eigenvalue weighted by Crippen LogP contribution is -2.07. The Kier molecular flexibility index (Phi) is 4.33. The first-order valence-electron chi connectivity index (χ1n) is 6.47. The van der Waals surface area contributed by atoms with Crippen LogP contribution in [-0.4, -0.2) is 20.9 Å². The first kappa shape index (κ1) is 15.2. The van der Waals surface area contributed by atoms with Gasteiger partial charge in [-0.3, -0.25) is 4.98 Å². The minimum atomic E-state index is -0.696. The van der Waals surface area contributed by atoms with E-state index >= 15 is 0 Å². The molecule has 0 spiro atoms. The van der Waals surface area contributed by atoms with Gasteiger partial charge in [0.25, 0.3) is 0 Å². The number of benzene rings is 1. The molecule has 2 aromatic heterocycles. The van der Waals surface area contributed by atoms with Gasteiger partial charge in [-0.1, -0.05) is 6.07 Å². The molecule has 0 atom stereocenters. The van der Waals surface area contributed by atoms with Crippen molar-refractivity contribution in [1.29, 1.82) is 0 Å². The summed E-state index contributed by atoms with van der Waals surface area (Å²) >= 11 is 1.14. The topological polar surface area (TPSA) is 65.0 Å². The number of aromatic nitrogens is 3. The molecule has 0 bridgehead atoms. The van der Waals surface area contributed by atoms with Crippen LogP contribution in [0.5, 0.6) is 0 Å². The minimum Gasteiger partial charge on any atom is -0.454 e. The Balaban J connectivity index is 1.72. The van der Waals surface area contributed by atoms with E-state index in [1.54, 1.807) is 0 Å². The van der Waals surface area contributed by atoms with Crippen LogP contribution in [0.3, 0.4) is 0 Å². The zero-order chi connectivity index (χ0) is 16.2. The number of hydrogen-bond donors (Lipinski definition) is 0. The van der Waals surface area contributed by atoms with Gasteiger partial charge in [-0.05, 0) is 12.1 Å². The molecule has 0 N–H and O–H groups in total. The van der Waals surface area contributed by atoms with E-state index in [9.17, 15) is 13.6 Å². The Morgan fingerprint density at radius 2 is 2.00 bits per heavy atom. The Hall–Kier alpha value is -2.74. The van der Waals surface area contributed by atoms with Crippen molar-refractivity contribution >= 4 is 17.3 Å². The van der Waals surface area contributed by atoms with E-state index < -0.39 is 17.6 Å². The number of rotatable bonds is 4. The van der Waals surface area contributed by atoms with Crippen LogP contribution < -0.4 is 0 Å². The molecule has 1 aromatic carbocycles. The molecular formula is C15H9F2N3O2S. The second-order valence-electron chi connectivity index (χ2n) is 4.39. The third kappa shape index (κ3) is 3.37. The lowest BCUT2D eigenvalue weighted by molar-refractivity contribution is 0.0465. The Labute approximate surface area is 133 Å². The van der Waals surface area contributed by atoms with Crippen molar-refractivity contribution < 1.29 is 18.3 Å². The number of carbonyl (C=O) groups is 1. The van der Waals surface area contributed by atoms with E-state index in [-0.39, 0.29) is 23.6 Å². The van der Waals surface area contributed by atoms with Gasteiger partial charge in [-0.15, -0.1) is 11.3 Å². The number of hydrogen-bond acceptors (Lipinski definition) is 6. The van der Waals surface area contributed by atoms with Crippen molar-refractivity contribution in [1.82, 2.24) is 15.0 Å². The Bertz CT molecular complexity index is 819. The van der Waals surface area contributed by atoms with E-state index in [0.29, 0.717) is 5.01 Å². The monoisotopic (exact) mass is 333 g/mol. The number of ether oxygens (including phenoxy) is 1. The van der Waals surface area contributed by atoms with Crippen LogP contribution in [-0.2, 0) is 11.3 Å². The fourth-order valence-corrected chi connectivity index (χ4v) is 2.54. The summed E-state index contributed by atoms with van der Waals surface area (Å²) < 4.78 is 32.5. The molecule has 0 aliphatic heterocycles. The predicted molar refractivity (Wildman–Crippen MR) is 78.6 cm³/mol. The van der Waals surface area contributed by atoms with Gasteiger partial charge in [0.2, 0.25) is 0 Å². The Morgan fingerprint density at radius 1 is 1.22 bits per heavy atom. The molecule has 0 saturated heterocycles. The highest BCUT2D eigenvalue weighted by atomic mass is 32.1. The predicted octanol–water partition coefficient (Wildman–Crippen LogP) is 3.24. The van der Waals surface area contributed by atoms with Crippen molar-refractivity contribution in [2.24, 2.45) is 0 Å². The van der Waals surface area contributed by atoms with Gasteiger partial charge in [0.1, 0.15) is 23.2 Å². The van der Waals surface area contributed by atoms with Gasteiger partial charge in [-0.2, -0.15) is 0 Å². The van der Waals surface area contributed by atoms with Crippen LogP contribution in [0.4, 0.5) is 8.78 Å². The van der Waals surface area contributed by atoms with Crippen LogP contribution in [0, 0.1) is 11.6 Å². The summed E-state index contributed by atoms with van der Waals surface area (Å²) in [5.74, 6) is -2.04. The third-order valence-corrected chi connectivity index (χ3v) is 3.69. The fraction of sp³-hybridized carbons (Fsp3) is 0.0667. The lowest BCUT2D eigenvalue weighted by atomic mass is 10.1. The average Bonchev–Trinajstić information content (AvgIpc) is 3.02. The highest BCUT2D eigenvalue weighted by molar-refractivity contribution is 7.09.